The van der Waals surface area contributed by atoms with Crippen LogP contribution in [-0.4, -0.2) is 36.6 Å². The third-order valence-corrected chi connectivity index (χ3v) is 1.98. The molecule has 92 valence electrons. The zero-order chi connectivity index (χ0) is 11.7. The Hall–Kier alpha value is -0.120. The minimum atomic E-state index is -0.0316. The van der Waals surface area contributed by atoms with Crippen molar-refractivity contribution in [3.63, 3.8) is 0 Å². The summed E-state index contributed by atoms with van der Waals surface area (Å²) in [7, 11) is 0. The van der Waals surface area contributed by atoms with Gasteiger partial charge in [0.15, 0.2) is 0 Å². The van der Waals surface area contributed by atoms with Crippen LogP contribution in [0.4, 0.5) is 0 Å². The fraction of sp³-hybridized carbons (Fsp3) is 1.00. The summed E-state index contributed by atoms with van der Waals surface area (Å²) < 4.78 is 10.9. The predicted molar refractivity (Wildman–Crippen MR) is 62.1 cm³/mol. The van der Waals surface area contributed by atoms with Gasteiger partial charge in [0, 0.05) is 13.2 Å². The highest BCUT2D eigenvalue weighted by molar-refractivity contribution is 4.58. The molecule has 0 radical (unpaired) electrons. The molecule has 0 rings (SSSR count). The van der Waals surface area contributed by atoms with Crippen molar-refractivity contribution < 1.29 is 14.6 Å². The number of unbranched alkanes of at least 4 members (excludes halogenated alkanes) is 2. The number of ether oxygens (including phenoxy) is 2. The van der Waals surface area contributed by atoms with Gasteiger partial charge in [-0.25, -0.2) is 0 Å². The van der Waals surface area contributed by atoms with Gasteiger partial charge in [-0.2, -0.15) is 0 Å². The minimum Gasteiger partial charge on any atom is -0.394 e. The van der Waals surface area contributed by atoms with Crippen LogP contribution < -0.4 is 0 Å². The summed E-state index contributed by atoms with van der Waals surface area (Å²) >= 11 is 0. The SMILES string of the molecule is CC(CO)OCCCCCOC(C)(C)C. The lowest BCUT2D eigenvalue weighted by atomic mass is 10.2. The van der Waals surface area contributed by atoms with Gasteiger partial charge in [0.25, 0.3) is 0 Å². The maximum absolute atomic E-state index is 8.72. The molecule has 0 amide bonds. The van der Waals surface area contributed by atoms with E-state index in [0.29, 0.717) is 0 Å². The largest absolute Gasteiger partial charge is 0.394 e. The van der Waals surface area contributed by atoms with Gasteiger partial charge in [0.1, 0.15) is 0 Å². The van der Waals surface area contributed by atoms with Crippen molar-refractivity contribution in [2.75, 3.05) is 19.8 Å². The van der Waals surface area contributed by atoms with E-state index in [1.807, 2.05) is 6.92 Å². The number of aliphatic hydroxyl groups is 1. The second-order valence-electron chi connectivity index (χ2n) is 4.89. The van der Waals surface area contributed by atoms with Gasteiger partial charge in [-0.05, 0) is 47.0 Å². The summed E-state index contributed by atoms with van der Waals surface area (Å²) in [4.78, 5) is 0. The highest BCUT2D eigenvalue weighted by atomic mass is 16.5. The van der Waals surface area contributed by atoms with Crippen LogP contribution in [0.5, 0.6) is 0 Å². The molecule has 0 saturated heterocycles. The Balaban J connectivity index is 3.12. The van der Waals surface area contributed by atoms with Crippen LogP contribution in [0.3, 0.4) is 0 Å². The summed E-state index contributed by atoms with van der Waals surface area (Å²) in [6.45, 7) is 9.74. The van der Waals surface area contributed by atoms with Crippen LogP contribution >= 0.6 is 0 Å². The summed E-state index contributed by atoms with van der Waals surface area (Å²) in [6, 6.07) is 0. The average Bonchev–Trinajstić information content (AvgIpc) is 2.14. The molecule has 0 aliphatic carbocycles. The maximum Gasteiger partial charge on any atom is 0.0777 e. The molecular formula is C12H26O3. The summed E-state index contributed by atoms with van der Waals surface area (Å²) in [5.74, 6) is 0. The standard InChI is InChI=1S/C12H26O3/c1-11(10-13)14-8-6-5-7-9-15-12(2,3)4/h11,13H,5-10H2,1-4H3. The summed E-state index contributed by atoms with van der Waals surface area (Å²) in [5, 5.41) is 8.72. The topological polar surface area (TPSA) is 38.7 Å². The Morgan fingerprint density at radius 1 is 1.07 bits per heavy atom. The monoisotopic (exact) mass is 218 g/mol. The van der Waals surface area contributed by atoms with E-state index in [1.54, 1.807) is 0 Å². The Kier molecular flexibility index (Phi) is 8.02. The van der Waals surface area contributed by atoms with E-state index < -0.39 is 0 Å². The van der Waals surface area contributed by atoms with E-state index in [9.17, 15) is 0 Å². The van der Waals surface area contributed by atoms with E-state index in [-0.39, 0.29) is 18.3 Å². The first-order valence-electron chi connectivity index (χ1n) is 5.82. The van der Waals surface area contributed by atoms with E-state index in [2.05, 4.69) is 20.8 Å². The Bertz CT molecular complexity index is 140. The van der Waals surface area contributed by atoms with Crippen LogP contribution in [0, 0.1) is 0 Å². The van der Waals surface area contributed by atoms with Crippen LogP contribution in [0.15, 0.2) is 0 Å². The average molecular weight is 218 g/mol. The van der Waals surface area contributed by atoms with Crippen molar-refractivity contribution in [1.82, 2.24) is 0 Å². The number of hydrogen-bond donors (Lipinski definition) is 1. The molecule has 0 aliphatic heterocycles. The number of aliphatic hydroxyl groups excluding tert-OH is 1. The third kappa shape index (κ3) is 11.8. The second kappa shape index (κ2) is 8.08. The fourth-order valence-corrected chi connectivity index (χ4v) is 1.10. The van der Waals surface area contributed by atoms with Crippen molar-refractivity contribution in [1.29, 1.82) is 0 Å². The van der Waals surface area contributed by atoms with Gasteiger partial charge in [-0.1, -0.05) is 0 Å². The van der Waals surface area contributed by atoms with Crippen LogP contribution in [0.1, 0.15) is 47.0 Å². The van der Waals surface area contributed by atoms with Gasteiger partial charge in [-0.3, -0.25) is 0 Å². The molecule has 0 spiro atoms. The molecule has 0 heterocycles. The number of rotatable bonds is 8. The first-order chi connectivity index (χ1) is 6.95. The van der Waals surface area contributed by atoms with Gasteiger partial charge in [-0.15, -0.1) is 0 Å². The first-order valence-corrected chi connectivity index (χ1v) is 5.82. The third-order valence-electron chi connectivity index (χ3n) is 1.98. The molecule has 3 heteroatoms. The molecule has 3 nitrogen and oxygen atoms in total. The van der Waals surface area contributed by atoms with Gasteiger partial charge < -0.3 is 14.6 Å². The van der Waals surface area contributed by atoms with Gasteiger partial charge >= 0.3 is 0 Å². The van der Waals surface area contributed by atoms with Crippen molar-refractivity contribution in [3.8, 4) is 0 Å². The Morgan fingerprint density at radius 2 is 1.67 bits per heavy atom. The van der Waals surface area contributed by atoms with Gasteiger partial charge in [0.2, 0.25) is 0 Å². The summed E-state index contributed by atoms with van der Waals surface area (Å²) in [6.07, 6.45) is 3.20. The molecule has 0 fully saturated rings. The lowest BCUT2D eigenvalue weighted by molar-refractivity contribution is -0.00720. The highest BCUT2D eigenvalue weighted by Gasteiger charge is 2.08. The molecule has 1 unspecified atom stereocenters. The Labute approximate surface area is 93.8 Å². The molecule has 0 saturated carbocycles. The minimum absolute atomic E-state index is 0.0259. The molecule has 0 aromatic rings. The van der Waals surface area contributed by atoms with E-state index in [1.165, 1.54) is 0 Å². The predicted octanol–water partition coefficient (Wildman–Crippen LogP) is 2.37. The molecule has 0 bridgehead atoms. The van der Waals surface area contributed by atoms with E-state index >= 15 is 0 Å². The van der Waals surface area contributed by atoms with Crippen molar-refractivity contribution in [3.05, 3.63) is 0 Å². The molecule has 0 aliphatic rings. The fourth-order valence-electron chi connectivity index (χ4n) is 1.10. The first kappa shape index (κ1) is 14.9. The molecular weight excluding hydrogens is 192 g/mol. The molecule has 1 atom stereocenters. The van der Waals surface area contributed by atoms with Crippen LogP contribution in [-0.2, 0) is 9.47 Å². The molecule has 15 heavy (non-hydrogen) atoms. The highest BCUT2D eigenvalue weighted by Crippen LogP contribution is 2.08. The lowest BCUT2D eigenvalue weighted by Gasteiger charge is -2.19. The van der Waals surface area contributed by atoms with Crippen LogP contribution in [0.25, 0.3) is 0 Å². The van der Waals surface area contributed by atoms with Gasteiger partial charge in [0.05, 0.1) is 18.3 Å². The van der Waals surface area contributed by atoms with E-state index in [0.717, 1.165) is 32.5 Å². The maximum atomic E-state index is 8.72. The molecule has 1 N–H and O–H groups in total. The molecule has 0 aromatic carbocycles. The second-order valence-corrected chi connectivity index (χ2v) is 4.89. The zero-order valence-electron chi connectivity index (χ0n) is 10.6. The normalized spacial score (nSPS) is 14.2. The zero-order valence-corrected chi connectivity index (χ0v) is 10.6. The van der Waals surface area contributed by atoms with Crippen molar-refractivity contribution in [2.45, 2.75) is 58.7 Å². The lowest BCUT2D eigenvalue weighted by Crippen LogP contribution is -2.19. The molecule has 0 aromatic heterocycles. The quantitative estimate of drug-likeness (QED) is 0.636. The van der Waals surface area contributed by atoms with E-state index in [4.69, 9.17) is 14.6 Å². The number of hydrogen-bond acceptors (Lipinski definition) is 3. The smallest absolute Gasteiger partial charge is 0.0777 e. The Morgan fingerprint density at radius 3 is 2.20 bits per heavy atom. The van der Waals surface area contributed by atoms with Crippen LogP contribution in [0.2, 0.25) is 0 Å². The summed E-state index contributed by atoms with van der Waals surface area (Å²) in [5.41, 5.74) is -0.0259. The van der Waals surface area contributed by atoms with Crippen molar-refractivity contribution >= 4 is 0 Å². The van der Waals surface area contributed by atoms with Crippen molar-refractivity contribution in [2.24, 2.45) is 0 Å².